The lowest BCUT2D eigenvalue weighted by Gasteiger charge is -2.31. The fourth-order valence-corrected chi connectivity index (χ4v) is 2.87. The Bertz CT molecular complexity index is 561. The maximum atomic E-state index is 12.3. The minimum atomic E-state index is -0.827. The van der Waals surface area contributed by atoms with Crippen LogP contribution >= 0.6 is 0 Å². The lowest BCUT2D eigenvalue weighted by molar-refractivity contribution is -0.143. The molecule has 1 aliphatic rings. The highest BCUT2D eigenvalue weighted by molar-refractivity contribution is 5.76. The lowest BCUT2D eigenvalue weighted by Crippen LogP contribution is -2.49. The van der Waals surface area contributed by atoms with E-state index in [-0.39, 0.29) is 18.6 Å². The first kappa shape index (κ1) is 17.1. The normalized spacial score (nSPS) is 19.0. The van der Waals surface area contributed by atoms with E-state index < -0.39 is 11.9 Å². The van der Waals surface area contributed by atoms with Crippen molar-refractivity contribution in [3.05, 3.63) is 29.8 Å². The molecule has 1 aliphatic heterocycles. The summed E-state index contributed by atoms with van der Waals surface area (Å²) in [5.41, 5.74) is 1.08. The van der Waals surface area contributed by atoms with E-state index in [0.29, 0.717) is 19.4 Å². The number of benzene rings is 1. The van der Waals surface area contributed by atoms with Crippen molar-refractivity contribution in [2.45, 2.75) is 32.2 Å². The molecule has 2 unspecified atom stereocenters. The van der Waals surface area contributed by atoms with E-state index in [4.69, 9.17) is 9.84 Å². The first-order valence-corrected chi connectivity index (χ1v) is 7.90. The zero-order valence-electron chi connectivity index (χ0n) is 13.6. The van der Waals surface area contributed by atoms with E-state index >= 15 is 0 Å². The Kier molecular flexibility index (Phi) is 5.84. The second-order valence-electron chi connectivity index (χ2n) is 6.03. The third-order valence-electron chi connectivity index (χ3n) is 4.10. The average Bonchev–Trinajstić information content (AvgIpc) is 2.55. The molecule has 6 heteroatoms. The molecule has 0 bridgehead atoms. The second kappa shape index (κ2) is 7.85. The molecule has 1 aromatic rings. The summed E-state index contributed by atoms with van der Waals surface area (Å²) in [7, 11) is 1.62. The van der Waals surface area contributed by atoms with Gasteiger partial charge in [-0.25, -0.2) is 4.79 Å². The van der Waals surface area contributed by atoms with Crippen molar-refractivity contribution in [1.29, 1.82) is 0 Å². The lowest BCUT2D eigenvalue weighted by atomic mass is 9.98. The van der Waals surface area contributed by atoms with Crippen molar-refractivity contribution in [2.24, 2.45) is 5.92 Å². The number of carboxylic acid groups (broad SMARTS) is 1. The van der Waals surface area contributed by atoms with Crippen molar-refractivity contribution < 1.29 is 19.4 Å². The Hall–Kier alpha value is -2.24. The third kappa shape index (κ3) is 4.87. The molecule has 1 fully saturated rings. The van der Waals surface area contributed by atoms with Crippen molar-refractivity contribution in [3.63, 3.8) is 0 Å². The maximum absolute atomic E-state index is 12.3. The van der Waals surface area contributed by atoms with E-state index in [1.807, 2.05) is 31.2 Å². The number of nitrogens with zero attached hydrogens (tertiary/aromatic N) is 1. The van der Waals surface area contributed by atoms with Gasteiger partial charge in [0, 0.05) is 19.1 Å². The standard InChI is InChI=1S/C17H24N2O4/c1-12(9-13-5-3-7-15(10-13)23-2)18-17(22)19-8-4-6-14(11-19)16(20)21/h3,5,7,10,12,14H,4,6,8-9,11H2,1-2H3,(H,18,22)(H,20,21). The minimum Gasteiger partial charge on any atom is -0.497 e. The summed E-state index contributed by atoms with van der Waals surface area (Å²) in [5.74, 6) is -0.489. The highest BCUT2D eigenvalue weighted by Gasteiger charge is 2.28. The number of methoxy groups -OCH3 is 1. The molecule has 126 valence electrons. The van der Waals surface area contributed by atoms with Crippen molar-refractivity contribution in [2.75, 3.05) is 20.2 Å². The van der Waals surface area contributed by atoms with Crippen LogP contribution in [0.2, 0.25) is 0 Å². The maximum Gasteiger partial charge on any atom is 0.317 e. The van der Waals surface area contributed by atoms with Crippen LogP contribution in [-0.4, -0.2) is 48.2 Å². The van der Waals surface area contributed by atoms with Gasteiger partial charge in [-0.2, -0.15) is 0 Å². The molecule has 1 aromatic carbocycles. The number of rotatable bonds is 5. The molecule has 6 nitrogen and oxygen atoms in total. The van der Waals surface area contributed by atoms with E-state index in [2.05, 4.69) is 5.32 Å². The number of hydrogen-bond donors (Lipinski definition) is 2. The first-order valence-electron chi connectivity index (χ1n) is 7.90. The van der Waals surface area contributed by atoms with Crippen molar-refractivity contribution in [3.8, 4) is 5.75 Å². The molecule has 2 rings (SSSR count). The largest absolute Gasteiger partial charge is 0.497 e. The van der Waals surface area contributed by atoms with Crippen molar-refractivity contribution >= 4 is 12.0 Å². The number of aliphatic carboxylic acids is 1. The minimum absolute atomic E-state index is 0.0418. The molecular formula is C17H24N2O4. The SMILES string of the molecule is COc1cccc(CC(C)NC(=O)N2CCCC(C(=O)O)C2)c1. The van der Waals surface area contributed by atoms with Gasteiger partial charge < -0.3 is 20.1 Å². The molecule has 1 saturated heterocycles. The Balaban J connectivity index is 1.87. The van der Waals surface area contributed by atoms with Crippen LogP contribution in [0.3, 0.4) is 0 Å². The van der Waals surface area contributed by atoms with Crippen LogP contribution in [0.1, 0.15) is 25.3 Å². The molecule has 0 radical (unpaired) electrons. The zero-order valence-corrected chi connectivity index (χ0v) is 13.6. The Labute approximate surface area is 136 Å². The number of nitrogens with one attached hydrogen (secondary N) is 1. The molecule has 23 heavy (non-hydrogen) atoms. The van der Waals surface area contributed by atoms with Crippen LogP contribution < -0.4 is 10.1 Å². The quantitative estimate of drug-likeness (QED) is 0.871. The van der Waals surface area contributed by atoms with Gasteiger partial charge in [0.25, 0.3) is 0 Å². The fraction of sp³-hybridized carbons (Fsp3) is 0.529. The number of hydrogen-bond acceptors (Lipinski definition) is 3. The molecule has 0 aromatic heterocycles. The smallest absolute Gasteiger partial charge is 0.317 e. The highest BCUT2D eigenvalue weighted by atomic mass is 16.5. The van der Waals surface area contributed by atoms with Crippen LogP contribution in [-0.2, 0) is 11.2 Å². The molecular weight excluding hydrogens is 296 g/mol. The second-order valence-corrected chi connectivity index (χ2v) is 6.03. The zero-order chi connectivity index (χ0) is 16.8. The summed E-state index contributed by atoms with van der Waals surface area (Å²) in [5, 5.41) is 12.0. The van der Waals surface area contributed by atoms with Gasteiger partial charge in [-0.15, -0.1) is 0 Å². The molecule has 0 spiro atoms. The summed E-state index contributed by atoms with van der Waals surface area (Å²) in [4.78, 5) is 25.0. The van der Waals surface area contributed by atoms with Crippen LogP contribution in [0.5, 0.6) is 5.75 Å². The third-order valence-corrected chi connectivity index (χ3v) is 4.10. The Morgan fingerprint density at radius 1 is 1.48 bits per heavy atom. The number of likely N-dealkylation sites (tertiary alicyclic amines) is 1. The van der Waals surface area contributed by atoms with Gasteiger partial charge in [-0.1, -0.05) is 12.1 Å². The van der Waals surface area contributed by atoms with Gasteiger partial charge in [0.2, 0.25) is 0 Å². The predicted octanol–water partition coefficient (Wildman–Crippen LogP) is 2.13. The van der Waals surface area contributed by atoms with Gasteiger partial charge in [0.1, 0.15) is 5.75 Å². The fourth-order valence-electron chi connectivity index (χ4n) is 2.87. The molecule has 2 N–H and O–H groups in total. The van der Waals surface area contributed by atoms with Crippen LogP contribution in [0.25, 0.3) is 0 Å². The van der Waals surface area contributed by atoms with E-state index in [1.165, 1.54) is 0 Å². The summed E-state index contributed by atoms with van der Waals surface area (Å²) < 4.78 is 5.20. The number of piperidine rings is 1. The summed E-state index contributed by atoms with van der Waals surface area (Å²) >= 11 is 0. The topological polar surface area (TPSA) is 78.9 Å². The number of urea groups is 1. The molecule has 0 aliphatic carbocycles. The predicted molar refractivity (Wildman–Crippen MR) is 86.6 cm³/mol. The monoisotopic (exact) mass is 320 g/mol. The van der Waals surface area contributed by atoms with E-state index in [1.54, 1.807) is 12.0 Å². The molecule has 1 heterocycles. The Morgan fingerprint density at radius 3 is 2.96 bits per heavy atom. The van der Waals surface area contributed by atoms with Gasteiger partial charge in [0.05, 0.1) is 13.0 Å². The van der Waals surface area contributed by atoms with Crippen LogP contribution in [0.4, 0.5) is 4.79 Å². The number of carbonyl (C=O) groups is 2. The molecule has 0 saturated carbocycles. The molecule has 2 atom stereocenters. The summed E-state index contributed by atoms with van der Waals surface area (Å²) in [6.45, 7) is 2.84. The van der Waals surface area contributed by atoms with Gasteiger partial charge >= 0.3 is 12.0 Å². The summed E-state index contributed by atoms with van der Waals surface area (Å²) in [6.07, 6.45) is 2.06. The van der Waals surface area contributed by atoms with Crippen molar-refractivity contribution in [1.82, 2.24) is 10.2 Å². The van der Waals surface area contributed by atoms with Gasteiger partial charge in [-0.05, 0) is 43.9 Å². The van der Waals surface area contributed by atoms with E-state index in [9.17, 15) is 9.59 Å². The average molecular weight is 320 g/mol. The van der Waals surface area contributed by atoms with Gasteiger partial charge in [0.15, 0.2) is 0 Å². The molecule has 2 amide bonds. The van der Waals surface area contributed by atoms with Crippen LogP contribution in [0.15, 0.2) is 24.3 Å². The number of amides is 2. The first-order chi connectivity index (χ1) is 11.0. The Morgan fingerprint density at radius 2 is 2.26 bits per heavy atom. The highest BCUT2D eigenvalue weighted by Crippen LogP contribution is 2.17. The number of ether oxygens (including phenoxy) is 1. The van der Waals surface area contributed by atoms with E-state index in [0.717, 1.165) is 17.7 Å². The van der Waals surface area contributed by atoms with Crippen LogP contribution in [0, 0.1) is 5.92 Å². The number of carbonyl (C=O) groups excluding carboxylic acids is 1. The van der Waals surface area contributed by atoms with Gasteiger partial charge in [-0.3, -0.25) is 4.79 Å². The summed E-state index contributed by atoms with van der Waals surface area (Å²) in [6, 6.07) is 7.51. The number of carboxylic acids is 1.